The van der Waals surface area contributed by atoms with Crippen molar-refractivity contribution in [3.8, 4) is 0 Å². The van der Waals surface area contributed by atoms with E-state index >= 15 is 0 Å². The van der Waals surface area contributed by atoms with Crippen LogP contribution in [0.25, 0.3) is 0 Å². The van der Waals surface area contributed by atoms with E-state index in [4.69, 9.17) is 0 Å². The van der Waals surface area contributed by atoms with Gasteiger partial charge in [0.1, 0.15) is 0 Å². The van der Waals surface area contributed by atoms with Crippen molar-refractivity contribution in [3.63, 3.8) is 0 Å². The van der Waals surface area contributed by atoms with Gasteiger partial charge in [-0.05, 0) is 5.66 Å². The zero-order valence-corrected chi connectivity index (χ0v) is 8.51. The molecule has 0 heterocycles. The molecule has 2 heteroatoms. The summed E-state index contributed by atoms with van der Waals surface area (Å²) < 4.78 is 0. The maximum atomic E-state index is 2.66. The molecule has 0 aromatic carbocycles. The van der Waals surface area contributed by atoms with Crippen molar-refractivity contribution in [2.45, 2.75) is 19.5 Å². The molecule has 0 aliphatic carbocycles. The van der Waals surface area contributed by atoms with Crippen molar-refractivity contribution >= 4 is 9.24 Å². The molecule has 1 atom stereocenters. The van der Waals surface area contributed by atoms with Gasteiger partial charge in [-0.15, -0.1) is 9.24 Å². The standard InChI is InChI=1S/C3H9P.La/c1-3(2)4;/h3H,4H2,1-2H3;. The van der Waals surface area contributed by atoms with Gasteiger partial charge in [-0.2, -0.15) is 0 Å². The fraction of sp³-hybridized carbons (Fsp3) is 1.00. The van der Waals surface area contributed by atoms with Crippen LogP contribution in [-0.2, 0) is 0 Å². The second-order valence-electron chi connectivity index (χ2n) is 1.24. The van der Waals surface area contributed by atoms with Gasteiger partial charge < -0.3 is 0 Å². The van der Waals surface area contributed by atoms with Gasteiger partial charge in [0.25, 0.3) is 0 Å². The molecule has 0 amide bonds. The molecule has 29 valence electrons. The van der Waals surface area contributed by atoms with E-state index in [0.29, 0.717) is 0 Å². The van der Waals surface area contributed by atoms with Gasteiger partial charge in [0.05, 0.1) is 0 Å². The summed E-state index contributed by atoms with van der Waals surface area (Å²) in [5.41, 5.74) is 0.750. The zero-order chi connectivity index (χ0) is 3.58. The van der Waals surface area contributed by atoms with Crippen LogP contribution in [-0.4, -0.2) is 5.66 Å². The van der Waals surface area contributed by atoms with Gasteiger partial charge in [-0.25, -0.2) is 0 Å². The average molecular weight is 215 g/mol. The zero-order valence-electron chi connectivity index (χ0n) is 3.73. The molecule has 0 aromatic heterocycles. The van der Waals surface area contributed by atoms with Crippen LogP contribution in [0.1, 0.15) is 13.8 Å². The molecule has 0 spiro atoms. The molecule has 0 fully saturated rings. The van der Waals surface area contributed by atoms with E-state index in [0.717, 1.165) is 5.66 Å². The van der Waals surface area contributed by atoms with Gasteiger partial charge in [0, 0.05) is 35.6 Å². The number of rotatable bonds is 0. The molecule has 0 nitrogen and oxygen atoms in total. The molecule has 0 bridgehead atoms. The van der Waals surface area contributed by atoms with Crippen molar-refractivity contribution in [1.82, 2.24) is 0 Å². The Morgan fingerprint density at radius 2 is 1.40 bits per heavy atom. The van der Waals surface area contributed by atoms with E-state index in [2.05, 4.69) is 23.1 Å². The normalized spacial score (nSPS) is 7.20. The first kappa shape index (κ1) is 9.80. The van der Waals surface area contributed by atoms with Gasteiger partial charge in [-0.1, -0.05) is 13.8 Å². The monoisotopic (exact) mass is 215 g/mol. The van der Waals surface area contributed by atoms with Crippen molar-refractivity contribution in [1.29, 1.82) is 0 Å². The van der Waals surface area contributed by atoms with E-state index in [9.17, 15) is 0 Å². The summed E-state index contributed by atoms with van der Waals surface area (Å²) in [4.78, 5) is 0. The first-order valence-corrected chi connectivity index (χ1v) is 2.15. The molecule has 0 saturated heterocycles. The van der Waals surface area contributed by atoms with Crippen LogP contribution in [0.2, 0.25) is 0 Å². The summed E-state index contributed by atoms with van der Waals surface area (Å²) in [7, 11) is 2.66. The Morgan fingerprint density at radius 3 is 1.40 bits per heavy atom. The van der Waals surface area contributed by atoms with Crippen LogP contribution in [0.15, 0.2) is 0 Å². The minimum absolute atomic E-state index is 0. The second kappa shape index (κ2) is 5.62. The Hall–Kier alpha value is 1.62. The largest absolute Gasteiger partial charge is 0.135 e. The summed E-state index contributed by atoms with van der Waals surface area (Å²) in [5, 5.41) is 0. The first-order chi connectivity index (χ1) is 1.73. The van der Waals surface area contributed by atoms with Crippen molar-refractivity contribution in [3.05, 3.63) is 0 Å². The van der Waals surface area contributed by atoms with Crippen LogP contribution in [0, 0.1) is 35.6 Å². The SMILES string of the molecule is CC(C)P.[La]. The second-order valence-corrected chi connectivity index (χ2v) is 2.58. The number of hydrogen-bond donors (Lipinski definition) is 0. The van der Waals surface area contributed by atoms with E-state index in [1.807, 2.05) is 0 Å². The maximum Gasteiger partial charge on any atom is 0 e. The molecule has 1 radical (unpaired) electrons. The van der Waals surface area contributed by atoms with Gasteiger partial charge >= 0.3 is 0 Å². The Bertz CT molecular complexity index is 11.6. The van der Waals surface area contributed by atoms with Gasteiger partial charge in [-0.3, -0.25) is 0 Å². The Balaban J connectivity index is 0. The fourth-order valence-corrected chi connectivity index (χ4v) is 0. The number of hydrogen-bond acceptors (Lipinski definition) is 0. The smallest absolute Gasteiger partial charge is 0 e. The third-order valence-electron chi connectivity index (χ3n) is 0. The molecular weight excluding hydrogens is 206 g/mol. The van der Waals surface area contributed by atoms with E-state index in [1.54, 1.807) is 0 Å². The molecule has 1 unspecified atom stereocenters. The van der Waals surface area contributed by atoms with E-state index < -0.39 is 0 Å². The molecule has 0 N–H and O–H groups in total. The molecular formula is C3H9LaP. The van der Waals surface area contributed by atoms with Crippen LogP contribution < -0.4 is 0 Å². The quantitative estimate of drug-likeness (QED) is 0.533. The molecule has 0 aliphatic rings. The predicted octanol–water partition coefficient (Wildman–Crippen LogP) is 1.27. The summed E-state index contributed by atoms with van der Waals surface area (Å²) >= 11 is 0. The van der Waals surface area contributed by atoms with Crippen LogP contribution >= 0.6 is 9.24 Å². The van der Waals surface area contributed by atoms with Crippen molar-refractivity contribution in [2.75, 3.05) is 0 Å². The maximum absolute atomic E-state index is 2.66. The first-order valence-electron chi connectivity index (χ1n) is 1.49. The average Bonchev–Trinajstić information content (AvgIpc) is 0.811. The summed E-state index contributed by atoms with van der Waals surface area (Å²) in [5.74, 6) is 0. The van der Waals surface area contributed by atoms with Crippen LogP contribution in [0.5, 0.6) is 0 Å². The third-order valence-corrected chi connectivity index (χ3v) is 0. The molecule has 0 rings (SSSR count). The minimum Gasteiger partial charge on any atom is -0.135 e. The Kier molecular flexibility index (Phi) is 11.0. The van der Waals surface area contributed by atoms with E-state index in [-0.39, 0.29) is 35.6 Å². The topological polar surface area (TPSA) is 0 Å². The molecule has 5 heavy (non-hydrogen) atoms. The Labute approximate surface area is 63.9 Å². The molecule has 0 saturated carbocycles. The molecule has 0 aromatic rings. The predicted molar refractivity (Wildman–Crippen MR) is 24.8 cm³/mol. The van der Waals surface area contributed by atoms with Crippen LogP contribution in [0.4, 0.5) is 0 Å². The van der Waals surface area contributed by atoms with Crippen LogP contribution in [0.3, 0.4) is 0 Å². The Morgan fingerprint density at radius 1 is 1.40 bits per heavy atom. The van der Waals surface area contributed by atoms with Crippen molar-refractivity contribution < 1.29 is 35.6 Å². The summed E-state index contributed by atoms with van der Waals surface area (Å²) in [6.07, 6.45) is 0. The van der Waals surface area contributed by atoms with Gasteiger partial charge in [0.2, 0.25) is 0 Å². The summed E-state index contributed by atoms with van der Waals surface area (Å²) in [6, 6.07) is 0. The fourth-order valence-electron chi connectivity index (χ4n) is 0. The van der Waals surface area contributed by atoms with Gasteiger partial charge in [0.15, 0.2) is 0 Å². The summed E-state index contributed by atoms with van der Waals surface area (Å²) in [6.45, 7) is 4.26. The third kappa shape index (κ3) is 28.0. The van der Waals surface area contributed by atoms with E-state index in [1.165, 1.54) is 0 Å². The van der Waals surface area contributed by atoms with Crippen molar-refractivity contribution in [2.24, 2.45) is 0 Å². The molecule has 0 aliphatic heterocycles. The minimum atomic E-state index is 0.